The molecule has 0 aliphatic carbocycles. The van der Waals surface area contributed by atoms with E-state index in [2.05, 4.69) is 4.74 Å². The fourth-order valence-corrected chi connectivity index (χ4v) is 0.566. The summed E-state index contributed by atoms with van der Waals surface area (Å²) < 4.78 is 4.63. The van der Waals surface area contributed by atoms with Crippen LogP contribution in [-0.2, 0) is 14.3 Å². The van der Waals surface area contributed by atoms with Crippen LogP contribution in [0.5, 0.6) is 0 Å². The maximum absolute atomic E-state index is 10.4. The molecule has 0 unspecified atom stereocenters. The van der Waals surface area contributed by atoms with Gasteiger partial charge < -0.3 is 15.3 Å². The Bertz CT molecular complexity index is 151. The van der Waals surface area contributed by atoms with Crippen LogP contribution in [0.3, 0.4) is 0 Å². The molecule has 2 N–H and O–H groups in total. The van der Waals surface area contributed by atoms with Gasteiger partial charge >= 0.3 is 5.97 Å². The van der Waals surface area contributed by atoms with Crippen LogP contribution in [0.2, 0.25) is 0 Å². The first-order chi connectivity index (χ1) is 6.16. The molecule has 0 radical (unpaired) electrons. The molecule has 0 heterocycles. The third-order valence-corrected chi connectivity index (χ3v) is 1.10. The van der Waals surface area contributed by atoms with Crippen LogP contribution in [0.1, 0.15) is 35.0 Å². The molecule has 0 fully saturated rings. The van der Waals surface area contributed by atoms with E-state index in [9.17, 15) is 9.59 Å². The molecule has 80 valence electrons. The number of carbonyl (C=O) groups excluding carboxylic acids is 2. The van der Waals surface area contributed by atoms with E-state index in [-0.39, 0.29) is 20.4 Å². The largest absolute Gasteiger partial charge is 0.465 e. The van der Waals surface area contributed by atoms with E-state index in [0.29, 0.717) is 12.8 Å². The zero-order chi connectivity index (χ0) is 10.7. The van der Waals surface area contributed by atoms with Crippen LogP contribution in [0.15, 0.2) is 0 Å². The predicted octanol–water partition coefficient (Wildman–Crippen LogP) is 1.13. The summed E-state index contributed by atoms with van der Waals surface area (Å²) in [5.41, 5.74) is 4.97. The molecular weight excluding hydrogens is 170 g/mol. The van der Waals surface area contributed by atoms with Gasteiger partial charge in [-0.15, -0.1) is 0 Å². The Hall–Kier alpha value is -0.900. The summed E-state index contributed by atoms with van der Waals surface area (Å²) in [5.74, 6) is -0.317. The molecule has 0 aliphatic heterocycles. The lowest BCUT2D eigenvalue weighted by Crippen LogP contribution is -2.17. The van der Waals surface area contributed by atoms with Gasteiger partial charge in [-0.25, -0.2) is 0 Å². The number of esters is 1. The van der Waals surface area contributed by atoms with E-state index >= 15 is 0 Å². The number of hydrogen-bond acceptors (Lipinski definition) is 4. The molecule has 4 heteroatoms. The third kappa shape index (κ3) is 14.0. The standard InChI is InChI=1S/C7H13NO3.C2H6.H2/c1-6(9)3-2-4-11-7(10)5-8;1-2;/h2-5,8H2,1H3;1-2H3;1H. The highest BCUT2D eigenvalue weighted by atomic mass is 16.5. The highest BCUT2D eigenvalue weighted by molar-refractivity contribution is 5.75. The Morgan fingerprint density at radius 3 is 2.31 bits per heavy atom. The molecule has 0 aromatic carbocycles. The van der Waals surface area contributed by atoms with Gasteiger partial charge in [-0.3, -0.25) is 4.79 Å². The van der Waals surface area contributed by atoms with E-state index in [1.54, 1.807) is 0 Å². The minimum absolute atomic E-state index is 0. The lowest BCUT2D eigenvalue weighted by atomic mass is 10.2. The normalized spacial score (nSPS) is 8.31. The van der Waals surface area contributed by atoms with Crippen LogP contribution in [-0.4, -0.2) is 24.9 Å². The number of carbonyl (C=O) groups is 2. The fourth-order valence-electron chi connectivity index (χ4n) is 0.566. The van der Waals surface area contributed by atoms with E-state index in [1.807, 2.05) is 13.8 Å². The minimum atomic E-state index is -0.423. The Kier molecular flexibility index (Phi) is 12.5. The highest BCUT2D eigenvalue weighted by Gasteiger charge is 1.98. The molecule has 0 amide bonds. The van der Waals surface area contributed by atoms with E-state index in [4.69, 9.17) is 5.73 Å². The van der Waals surface area contributed by atoms with Crippen molar-refractivity contribution in [2.45, 2.75) is 33.6 Å². The molecule has 0 saturated carbocycles. The van der Waals surface area contributed by atoms with Gasteiger partial charge in [0.25, 0.3) is 0 Å². The van der Waals surface area contributed by atoms with Gasteiger partial charge in [0.1, 0.15) is 5.78 Å². The van der Waals surface area contributed by atoms with Gasteiger partial charge in [0.15, 0.2) is 0 Å². The fraction of sp³-hybridized carbons (Fsp3) is 0.778. The highest BCUT2D eigenvalue weighted by Crippen LogP contribution is 1.90. The molecule has 0 bridgehead atoms. The van der Waals surface area contributed by atoms with Crippen molar-refractivity contribution < 1.29 is 15.8 Å². The average Bonchev–Trinajstić information content (AvgIpc) is 2.15. The molecular formula is C9H21NO3. The Morgan fingerprint density at radius 2 is 1.92 bits per heavy atom. The van der Waals surface area contributed by atoms with Crippen LogP contribution < -0.4 is 5.73 Å². The molecule has 4 nitrogen and oxygen atoms in total. The van der Waals surface area contributed by atoms with Crippen molar-refractivity contribution in [3.8, 4) is 0 Å². The molecule has 0 aliphatic rings. The third-order valence-electron chi connectivity index (χ3n) is 1.10. The van der Waals surface area contributed by atoms with Crippen molar-refractivity contribution in [1.29, 1.82) is 0 Å². The zero-order valence-electron chi connectivity index (χ0n) is 8.63. The number of ether oxygens (including phenoxy) is 1. The second-order valence-electron chi connectivity index (χ2n) is 2.23. The summed E-state index contributed by atoms with van der Waals surface area (Å²) in [6.07, 6.45) is 1.04. The summed E-state index contributed by atoms with van der Waals surface area (Å²) in [7, 11) is 0. The van der Waals surface area contributed by atoms with Crippen molar-refractivity contribution in [1.82, 2.24) is 0 Å². The summed E-state index contributed by atoms with van der Waals surface area (Å²) in [6.45, 7) is 5.69. The number of hydrogen-bond donors (Lipinski definition) is 1. The van der Waals surface area contributed by atoms with Crippen molar-refractivity contribution in [2.24, 2.45) is 5.73 Å². The van der Waals surface area contributed by atoms with Crippen LogP contribution >= 0.6 is 0 Å². The van der Waals surface area contributed by atoms with E-state index in [0.717, 1.165) is 0 Å². The van der Waals surface area contributed by atoms with Gasteiger partial charge in [-0.2, -0.15) is 0 Å². The van der Waals surface area contributed by atoms with Crippen molar-refractivity contribution in [3.05, 3.63) is 0 Å². The SMILES string of the molecule is CC.CC(=O)CCCOC(=O)CN.[HH]. The quantitative estimate of drug-likeness (QED) is 0.522. The lowest BCUT2D eigenvalue weighted by Gasteiger charge is -2.00. The second kappa shape index (κ2) is 11.1. The van der Waals surface area contributed by atoms with Crippen molar-refractivity contribution in [3.63, 3.8) is 0 Å². The second-order valence-corrected chi connectivity index (χ2v) is 2.23. The Balaban J connectivity index is -0.000000376. The number of nitrogens with two attached hydrogens (primary N) is 1. The molecule has 0 spiro atoms. The van der Waals surface area contributed by atoms with Crippen LogP contribution in [0.4, 0.5) is 0 Å². The Morgan fingerprint density at radius 1 is 1.38 bits per heavy atom. The number of rotatable bonds is 5. The molecule has 0 rings (SSSR count). The predicted molar refractivity (Wildman–Crippen MR) is 53.4 cm³/mol. The molecule has 0 saturated heterocycles. The van der Waals surface area contributed by atoms with Gasteiger partial charge in [0.2, 0.25) is 0 Å². The first kappa shape index (κ1) is 14.6. The van der Waals surface area contributed by atoms with Gasteiger partial charge in [0.05, 0.1) is 13.2 Å². The minimum Gasteiger partial charge on any atom is -0.465 e. The van der Waals surface area contributed by atoms with E-state index in [1.165, 1.54) is 6.92 Å². The van der Waals surface area contributed by atoms with Gasteiger partial charge in [-0.05, 0) is 13.3 Å². The van der Waals surface area contributed by atoms with Crippen molar-refractivity contribution >= 4 is 11.8 Å². The smallest absolute Gasteiger partial charge is 0.319 e. The van der Waals surface area contributed by atoms with Gasteiger partial charge in [-0.1, -0.05) is 13.8 Å². The first-order valence-corrected chi connectivity index (χ1v) is 4.52. The molecule has 13 heavy (non-hydrogen) atoms. The monoisotopic (exact) mass is 191 g/mol. The molecule has 0 atom stereocenters. The zero-order valence-corrected chi connectivity index (χ0v) is 8.63. The summed E-state index contributed by atoms with van der Waals surface area (Å²) in [5, 5.41) is 0. The maximum atomic E-state index is 10.4. The van der Waals surface area contributed by atoms with Gasteiger partial charge in [0, 0.05) is 7.85 Å². The van der Waals surface area contributed by atoms with Crippen LogP contribution in [0, 0.1) is 0 Å². The number of ketones is 1. The lowest BCUT2D eigenvalue weighted by molar-refractivity contribution is -0.142. The van der Waals surface area contributed by atoms with E-state index < -0.39 is 5.97 Å². The Labute approximate surface area is 80.9 Å². The topological polar surface area (TPSA) is 69.4 Å². The maximum Gasteiger partial charge on any atom is 0.319 e. The summed E-state index contributed by atoms with van der Waals surface area (Å²) >= 11 is 0. The van der Waals surface area contributed by atoms with Crippen molar-refractivity contribution in [2.75, 3.05) is 13.2 Å². The van der Waals surface area contributed by atoms with Crippen LogP contribution in [0.25, 0.3) is 0 Å². The molecule has 0 aromatic rings. The summed E-state index contributed by atoms with van der Waals surface area (Å²) in [4.78, 5) is 20.8. The average molecular weight is 191 g/mol. The first-order valence-electron chi connectivity index (χ1n) is 4.52. The number of Topliss-reactive ketones (excluding diaryl/α,β-unsaturated/α-hetero) is 1. The summed E-state index contributed by atoms with van der Waals surface area (Å²) in [6, 6.07) is 0. The molecule has 0 aromatic heterocycles.